The minimum absolute atomic E-state index is 0.224. The third-order valence-corrected chi connectivity index (χ3v) is 3.19. The molecule has 1 saturated carbocycles. The predicted molar refractivity (Wildman–Crippen MR) is 64.5 cm³/mol. The number of carbonyl (C=O) groups excluding carboxylic acids is 1. The maximum absolute atomic E-state index is 11.9. The van der Waals surface area contributed by atoms with Gasteiger partial charge in [-0.2, -0.15) is 0 Å². The largest absolute Gasteiger partial charge is 0.481 e. The van der Waals surface area contributed by atoms with Crippen molar-refractivity contribution < 1.29 is 9.53 Å². The molecule has 0 aliphatic heterocycles. The van der Waals surface area contributed by atoms with E-state index < -0.39 is 0 Å². The molecule has 4 heteroatoms. The second-order valence-corrected chi connectivity index (χ2v) is 4.69. The zero-order chi connectivity index (χ0) is 12.4. The number of hydrogen-bond donors (Lipinski definition) is 0. The van der Waals surface area contributed by atoms with Gasteiger partial charge in [0.15, 0.2) is 0 Å². The first-order valence-corrected chi connectivity index (χ1v) is 5.86. The van der Waals surface area contributed by atoms with E-state index in [1.807, 2.05) is 19.2 Å². The van der Waals surface area contributed by atoms with E-state index in [9.17, 15) is 4.79 Å². The van der Waals surface area contributed by atoms with E-state index in [4.69, 9.17) is 4.74 Å². The fraction of sp³-hybridized carbons (Fsp3) is 0.538. The van der Waals surface area contributed by atoms with Crippen LogP contribution in [0.3, 0.4) is 0 Å². The smallest absolute Gasteiger partial charge is 0.226 e. The lowest BCUT2D eigenvalue weighted by molar-refractivity contribution is -0.132. The Kier molecular flexibility index (Phi) is 3.31. The number of pyridine rings is 1. The van der Waals surface area contributed by atoms with Crippen LogP contribution in [0.1, 0.15) is 19.0 Å². The Morgan fingerprint density at radius 1 is 1.59 bits per heavy atom. The Labute approximate surface area is 102 Å². The third kappa shape index (κ3) is 2.75. The summed E-state index contributed by atoms with van der Waals surface area (Å²) in [4.78, 5) is 18.0. The molecule has 0 spiro atoms. The molecule has 0 saturated heterocycles. The lowest BCUT2D eigenvalue weighted by Gasteiger charge is -2.16. The monoisotopic (exact) mass is 234 g/mol. The Hall–Kier alpha value is -1.58. The van der Waals surface area contributed by atoms with Gasteiger partial charge in [0, 0.05) is 19.0 Å². The highest BCUT2D eigenvalue weighted by molar-refractivity contribution is 5.81. The lowest BCUT2D eigenvalue weighted by atomic mass is 10.2. The van der Waals surface area contributed by atoms with Crippen LogP contribution in [0.15, 0.2) is 18.2 Å². The summed E-state index contributed by atoms with van der Waals surface area (Å²) < 4.78 is 5.06. The van der Waals surface area contributed by atoms with Gasteiger partial charge in [-0.1, -0.05) is 13.0 Å². The van der Waals surface area contributed by atoms with Gasteiger partial charge in [-0.25, -0.2) is 4.98 Å². The van der Waals surface area contributed by atoms with Crippen molar-refractivity contribution in [1.29, 1.82) is 0 Å². The first-order chi connectivity index (χ1) is 8.11. The summed E-state index contributed by atoms with van der Waals surface area (Å²) >= 11 is 0. The molecule has 0 unspecified atom stereocenters. The molecule has 1 amide bonds. The summed E-state index contributed by atoms with van der Waals surface area (Å²) in [6, 6.07) is 5.59. The summed E-state index contributed by atoms with van der Waals surface area (Å²) in [5, 5.41) is 0. The fourth-order valence-electron chi connectivity index (χ4n) is 1.93. The van der Waals surface area contributed by atoms with Crippen molar-refractivity contribution in [1.82, 2.24) is 9.88 Å². The number of carbonyl (C=O) groups is 1. The van der Waals surface area contributed by atoms with Gasteiger partial charge in [-0.15, -0.1) is 0 Å². The molecule has 1 aliphatic carbocycles. The van der Waals surface area contributed by atoms with Crippen LogP contribution in [0.5, 0.6) is 5.88 Å². The average Bonchev–Trinajstić information content (AvgIpc) is 3.05. The van der Waals surface area contributed by atoms with E-state index in [1.165, 1.54) is 0 Å². The third-order valence-electron chi connectivity index (χ3n) is 3.19. The summed E-state index contributed by atoms with van der Waals surface area (Å²) in [5.41, 5.74) is 0.855. The maximum Gasteiger partial charge on any atom is 0.226 e. The number of aromatic nitrogens is 1. The number of nitrogens with zero attached hydrogens (tertiary/aromatic N) is 2. The lowest BCUT2D eigenvalue weighted by Crippen LogP contribution is -2.28. The zero-order valence-electron chi connectivity index (χ0n) is 10.5. The second-order valence-electron chi connectivity index (χ2n) is 4.69. The number of methoxy groups -OCH3 is 1. The molecule has 1 aromatic rings. The molecule has 0 N–H and O–H groups in total. The van der Waals surface area contributed by atoms with Crippen molar-refractivity contribution in [3.63, 3.8) is 0 Å². The van der Waals surface area contributed by atoms with Crippen LogP contribution < -0.4 is 4.74 Å². The normalized spacial score (nSPS) is 22.1. The molecule has 2 rings (SSSR count). The Morgan fingerprint density at radius 3 is 2.88 bits per heavy atom. The fourth-order valence-corrected chi connectivity index (χ4v) is 1.93. The first kappa shape index (κ1) is 11.9. The van der Waals surface area contributed by atoms with Crippen LogP contribution in [0.25, 0.3) is 0 Å². The molecule has 0 bridgehead atoms. The molecule has 92 valence electrons. The standard InChI is InChI=1S/C13H18N2O2/c1-9-7-11(9)13(16)15(2)8-10-5-4-6-12(14-10)17-3/h4-6,9,11H,7-8H2,1-3H3/t9-,11-/m1/s1. The van der Waals surface area contributed by atoms with Crippen molar-refractivity contribution >= 4 is 5.91 Å². The van der Waals surface area contributed by atoms with Gasteiger partial charge < -0.3 is 9.64 Å². The summed E-state index contributed by atoms with van der Waals surface area (Å²) in [6.45, 7) is 2.65. The number of amides is 1. The van der Waals surface area contributed by atoms with Crippen molar-refractivity contribution in [2.45, 2.75) is 19.9 Å². The minimum Gasteiger partial charge on any atom is -0.481 e. The molecule has 1 aromatic heterocycles. The van der Waals surface area contributed by atoms with Gasteiger partial charge in [0.2, 0.25) is 11.8 Å². The van der Waals surface area contributed by atoms with E-state index in [0.29, 0.717) is 18.3 Å². The molecule has 0 radical (unpaired) electrons. The molecular weight excluding hydrogens is 216 g/mol. The average molecular weight is 234 g/mol. The quantitative estimate of drug-likeness (QED) is 0.796. The van der Waals surface area contributed by atoms with E-state index in [-0.39, 0.29) is 11.8 Å². The molecule has 2 atom stereocenters. The number of ether oxygens (including phenoxy) is 1. The van der Waals surface area contributed by atoms with E-state index in [2.05, 4.69) is 11.9 Å². The van der Waals surface area contributed by atoms with Crippen LogP contribution >= 0.6 is 0 Å². The van der Waals surface area contributed by atoms with Crippen LogP contribution in [-0.4, -0.2) is 29.9 Å². The second kappa shape index (κ2) is 4.73. The zero-order valence-corrected chi connectivity index (χ0v) is 10.5. The Bertz CT molecular complexity index is 420. The van der Waals surface area contributed by atoms with Gasteiger partial charge in [0.1, 0.15) is 0 Å². The van der Waals surface area contributed by atoms with Crippen LogP contribution in [0, 0.1) is 11.8 Å². The van der Waals surface area contributed by atoms with Gasteiger partial charge in [0.05, 0.1) is 19.3 Å². The van der Waals surface area contributed by atoms with Crippen molar-refractivity contribution in [3.05, 3.63) is 23.9 Å². The summed E-state index contributed by atoms with van der Waals surface area (Å²) in [6.07, 6.45) is 1.02. The predicted octanol–water partition coefficient (Wildman–Crippen LogP) is 1.70. The van der Waals surface area contributed by atoms with Gasteiger partial charge in [-0.05, 0) is 18.4 Å². The molecule has 1 heterocycles. The van der Waals surface area contributed by atoms with Crippen LogP contribution in [-0.2, 0) is 11.3 Å². The highest BCUT2D eigenvalue weighted by Crippen LogP contribution is 2.39. The van der Waals surface area contributed by atoms with Crippen molar-refractivity contribution in [3.8, 4) is 5.88 Å². The van der Waals surface area contributed by atoms with Gasteiger partial charge in [0.25, 0.3) is 0 Å². The molecular formula is C13H18N2O2. The summed E-state index contributed by atoms with van der Waals surface area (Å²) in [7, 11) is 3.42. The summed E-state index contributed by atoms with van der Waals surface area (Å²) in [5.74, 6) is 1.58. The maximum atomic E-state index is 11.9. The minimum atomic E-state index is 0.224. The van der Waals surface area contributed by atoms with E-state index in [0.717, 1.165) is 12.1 Å². The molecule has 1 fully saturated rings. The molecule has 17 heavy (non-hydrogen) atoms. The number of hydrogen-bond acceptors (Lipinski definition) is 3. The number of rotatable bonds is 4. The molecule has 0 aromatic carbocycles. The van der Waals surface area contributed by atoms with Crippen molar-refractivity contribution in [2.75, 3.05) is 14.2 Å². The van der Waals surface area contributed by atoms with Gasteiger partial charge >= 0.3 is 0 Å². The topological polar surface area (TPSA) is 42.4 Å². The Morgan fingerprint density at radius 2 is 2.29 bits per heavy atom. The van der Waals surface area contributed by atoms with E-state index >= 15 is 0 Å². The van der Waals surface area contributed by atoms with Crippen LogP contribution in [0.4, 0.5) is 0 Å². The van der Waals surface area contributed by atoms with Gasteiger partial charge in [-0.3, -0.25) is 4.79 Å². The van der Waals surface area contributed by atoms with Crippen molar-refractivity contribution in [2.24, 2.45) is 11.8 Å². The highest BCUT2D eigenvalue weighted by Gasteiger charge is 2.40. The molecule has 1 aliphatic rings. The highest BCUT2D eigenvalue weighted by atomic mass is 16.5. The Balaban J connectivity index is 1.97. The first-order valence-electron chi connectivity index (χ1n) is 5.86. The van der Waals surface area contributed by atoms with Crippen LogP contribution in [0.2, 0.25) is 0 Å². The molecule has 4 nitrogen and oxygen atoms in total. The SMILES string of the molecule is COc1cccc(CN(C)C(=O)[C@@H]2C[C@H]2C)n1. The van der Waals surface area contributed by atoms with E-state index in [1.54, 1.807) is 18.1 Å².